The molecule has 0 radical (unpaired) electrons. The van der Waals surface area contributed by atoms with Gasteiger partial charge in [0.1, 0.15) is 0 Å². The van der Waals surface area contributed by atoms with Gasteiger partial charge in [-0.25, -0.2) is 4.68 Å². The number of carbonyl (C=O) groups excluding carboxylic acids is 1. The van der Waals surface area contributed by atoms with Gasteiger partial charge in [-0.15, -0.1) is 5.10 Å². The first-order chi connectivity index (χ1) is 9.29. The molecule has 0 saturated carbocycles. The molecule has 0 N–H and O–H groups in total. The van der Waals surface area contributed by atoms with Gasteiger partial charge in [-0.1, -0.05) is 5.21 Å². The van der Waals surface area contributed by atoms with Gasteiger partial charge in [0.25, 0.3) is 0 Å². The lowest BCUT2D eigenvalue weighted by atomic mass is 10.00. The van der Waals surface area contributed by atoms with E-state index < -0.39 is 0 Å². The maximum atomic E-state index is 12.1. The number of fused-ring (bicyclic) bond motifs is 3. The molecule has 104 valence electrons. The van der Waals surface area contributed by atoms with Crippen molar-refractivity contribution in [2.24, 2.45) is 0 Å². The van der Waals surface area contributed by atoms with Crippen LogP contribution in [0.3, 0.4) is 0 Å². The van der Waals surface area contributed by atoms with Crippen LogP contribution >= 0.6 is 11.8 Å². The third-order valence-electron chi connectivity index (χ3n) is 3.80. The van der Waals surface area contributed by atoms with Crippen molar-refractivity contribution in [3.05, 3.63) is 11.9 Å². The molecule has 1 aromatic heterocycles. The number of rotatable bonds is 3. The van der Waals surface area contributed by atoms with Gasteiger partial charge in [0.15, 0.2) is 0 Å². The average molecular weight is 282 g/mol. The van der Waals surface area contributed by atoms with Crippen LogP contribution in [0.5, 0.6) is 0 Å². The molecule has 3 rings (SSSR count). The molecule has 2 aliphatic heterocycles. The maximum Gasteiger partial charge on any atom is 0.223 e. The van der Waals surface area contributed by atoms with E-state index in [4.69, 9.17) is 4.74 Å². The standard InChI is InChI=1S/C12H18N4O2S/c1-19-5-3-12(17)15-4-2-11-10(7-15)16-9(8-18-11)6-13-14-16/h6,10-11H,2-5,7-8H2,1H3/t10-,11+/m1/s1. The summed E-state index contributed by atoms with van der Waals surface area (Å²) in [6.07, 6.45) is 5.43. The topological polar surface area (TPSA) is 60.3 Å². The molecule has 0 aliphatic carbocycles. The number of hydrogen-bond donors (Lipinski definition) is 0. The van der Waals surface area contributed by atoms with Crippen molar-refractivity contribution in [2.45, 2.75) is 31.6 Å². The SMILES string of the molecule is CSCCC(=O)N1CC[C@@H]2OCc3cnnn3[C@@H]2C1. The molecular formula is C12H18N4O2S. The Labute approximate surface area is 116 Å². The molecule has 0 bridgehead atoms. The van der Waals surface area contributed by atoms with Crippen molar-refractivity contribution in [3.8, 4) is 0 Å². The van der Waals surface area contributed by atoms with E-state index in [9.17, 15) is 4.79 Å². The van der Waals surface area contributed by atoms with Crippen LogP contribution in [0.15, 0.2) is 6.20 Å². The second-order valence-electron chi connectivity index (χ2n) is 4.96. The lowest BCUT2D eigenvalue weighted by molar-refractivity contribution is -0.137. The van der Waals surface area contributed by atoms with Crippen molar-refractivity contribution in [2.75, 3.05) is 25.1 Å². The van der Waals surface area contributed by atoms with Gasteiger partial charge in [-0.3, -0.25) is 4.79 Å². The maximum absolute atomic E-state index is 12.1. The summed E-state index contributed by atoms with van der Waals surface area (Å²) < 4.78 is 7.77. The van der Waals surface area contributed by atoms with Gasteiger partial charge in [0.2, 0.25) is 5.91 Å². The van der Waals surface area contributed by atoms with Gasteiger partial charge < -0.3 is 9.64 Å². The molecule has 0 spiro atoms. The minimum atomic E-state index is 0.123. The van der Waals surface area contributed by atoms with Gasteiger partial charge in [0, 0.05) is 25.3 Å². The molecule has 2 aliphatic rings. The Hall–Kier alpha value is -1.08. The Morgan fingerprint density at radius 2 is 2.53 bits per heavy atom. The van der Waals surface area contributed by atoms with Crippen molar-refractivity contribution in [3.63, 3.8) is 0 Å². The summed E-state index contributed by atoms with van der Waals surface area (Å²) >= 11 is 1.71. The van der Waals surface area contributed by atoms with Crippen molar-refractivity contribution in [1.29, 1.82) is 0 Å². The lowest BCUT2D eigenvalue weighted by Gasteiger charge is -2.41. The first-order valence-electron chi connectivity index (χ1n) is 6.57. The smallest absolute Gasteiger partial charge is 0.223 e. The second kappa shape index (κ2) is 5.50. The average Bonchev–Trinajstić information content (AvgIpc) is 2.93. The normalized spacial score (nSPS) is 25.8. The molecule has 6 nitrogen and oxygen atoms in total. The molecule has 1 fully saturated rings. The fourth-order valence-electron chi connectivity index (χ4n) is 2.75. The van der Waals surface area contributed by atoms with Crippen LogP contribution in [0.1, 0.15) is 24.6 Å². The van der Waals surface area contributed by atoms with Gasteiger partial charge in [-0.05, 0) is 12.7 Å². The number of piperidine rings is 1. The molecule has 0 aromatic carbocycles. The number of amides is 1. The molecule has 0 unspecified atom stereocenters. The first kappa shape index (κ1) is 12.9. The van der Waals surface area contributed by atoms with E-state index in [0.717, 1.165) is 24.4 Å². The Kier molecular flexibility index (Phi) is 3.74. The largest absolute Gasteiger partial charge is 0.370 e. The highest BCUT2D eigenvalue weighted by molar-refractivity contribution is 7.98. The van der Waals surface area contributed by atoms with E-state index in [-0.39, 0.29) is 18.1 Å². The van der Waals surface area contributed by atoms with Crippen LogP contribution in [0, 0.1) is 0 Å². The molecule has 1 saturated heterocycles. The number of hydrogen-bond acceptors (Lipinski definition) is 5. The summed E-state index contributed by atoms with van der Waals surface area (Å²) in [7, 11) is 0. The Morgan fingerprint density at radius 1 is 1.63 bits per heavy atom. The number of thioether (sulfide) groups is 1. The lowest BCUT2D eigenvalue weighted by Crippen LogP contribution is -2.50. The third-order valence-corrected chi connectivity index (χ3v) is 4.41. The summed E-state index contributed by atoms with van der Waals surface area (Å²) in [6.45, 7) is 2.06. The predicted molar refractivity (Wildman–Crippen MR) is 71.8 cm³/mol. The monoisotopic (exact) mass is 282 g/mol. The number of ether oxygens (including phenoxy) is 1. The minimum Gasteiger partial charge on any atom is -0.370 e. The zero-order valence-corrected chi connectivity index (χ0v) is 11.8. The first-order valence-corrected chi connectivity index (χ1v) is 7.96. The van der Waals surface area contributed by atoms with Crippen molar-refractivity contribution >= 4 is 17.7 Å². The van der Waals surface area contributed by atoms with Crippen LogP contribution in [0.25, 0.3) is 0 Å². The van der Waals surface area contributed by atoms with E-state index >= 15 is 0 Å². The van der Waals surface area contributed by atoms with E-state index in [1.807, 2.05) is 15.8 Å². The molecule has 7 heteroatoms. The van der Waals surface area contributed by atoms with Crippen LogP contribution in [0.2, 0.25) is 0 Å². The van der Waals surface area contributed by atoms with E-state index in [1.165, 1.54) is 0 Å². The number of carbonyl (C=O) groups is 1. The van der Waals surface area contributed by atoms with Gasteiger partial charge in [0.05, 0.1) is 30.6 Å². The molecule has 1 aromatic rings. The fraction of sp³-hybridized carbons (Fsp3) is 0.750. The van der Waals surface area contributed by atoms with E-state index in [1.54, 1.807) is 18.0 Å². The Morgan fingerprint density at radius 3 is 3.37 bits per heavy atom. The zero-order chi connectivity index (χ0) is 13.2. The van der Waals surface area contributed by atoms with Gasteiger partial charge >= 0.3 is 0 Å². The highest BCUT2D eigenvalue weighted by atomic mass is 32.2. The van der Waals surface area contributed by atoms with Crippen LogP contribution < -0.4 is 0 Å². The van der Waals surface area contributed by atoms with E-state index in [0.29, 0.717) is 19.6 Å². The van der Waals surface area contributed by atoms with E-state index in [2.05, 4.69) is 10.3 Å². The molecule has 3 heterocycles. The number of nitrogens with zero attached hydrogens (tertiary/aromatic N) is 4. The second-order valence-corrected chi connectivity index (χ2v) is 5.94. The summed E-state index contributed by atoms with van der Waals surface area (Å²) in [6, 6.07) is 0.123. The summed E-state index contributed by atoms with van der Waals surface area (Å²) in [5, 5.41) is 8.08. The van der Waals surface area contributed by atoms with Crippen molar-refractivity contribution < 1.29 is 9.53 Å². The molecule has 19 heavy (non-hydrogen) atoms. The fourth-order valence-corrected chi connectivity index (χ4v) is 3.13. The molecule has 2 atom stereocenters. The van der Waals surface area contributed by atoms with Gasteiger partial charge in [-0.2, -0.15) is 11.8 Å². The summed E-state index contributed by atoms with van der Waals surface area (Å²) in [5.41, 5.74) is 1.000. The zero-order valence-electron chi connectivity index (χ0n) is 11.0. The minimum absolute atomic E-state index is 0.123. The Bertz CT molecular complexity index is 464. The highest BCUT2D eigenvalue weighted by Crippen LogP contribution is 2.30. The third kappa shape index (κ3) is 2.49. The van der Waals surface area contributed by atoms with Crippen LogP contribution in [-0.4, -0.2) is 57.0 Å². The van der Waals surface area contributed by atoms with Crippen molar-refractivity contribution in [1.82, 2.24) is 19.9 Å². The summed E-state index contributed by atoms with van der Waals surface area (Å²) in [5.74, 6) is 1.12. The Balaban J connectivity index is 1.70. The van der Waals surface area contributed by atoms with Crippen LogP contribution in [0.4, 0.5) is 0 Å². The molecular weight excluding hydrogens is 264 g/mol. The highest BCUT2D eigenvalue weighted by Gasteiger charge is 2.37. The van der Waals surface area contributed by atoms with Crippen LogP contribution in [-0.2, 0) is 16.1 Å². The summed E-state index contributed by atoms with van der Waals surface area (Å²) in [4.78, 5) is 14.1. The quantitative estimate of drug-likeness (QED) is 0.817. The number of likely N-dealkylation sites (tertiary alicyclic amines) is 1. The predicted octanol–water partition coefficient (Wildman–Crippen LogP) is 0.703. The number of aromatic nitrogens is 3. The molecule has 1 amide bonds.